The number of nitrogens with zero attached hydrogens (tertiary/aromatic N) is 1. The number of hydrogen-bond donors (Lipinski definition) is 0. The van der Waals surface area contributed by atoms with E-state index in [1.54, 1.807) is 18.2 Å². The van der Waals surface area contributed by atoms with Gasteiger partial charge in [-0.1, -0.05) is 44.2 Å². The number of ether oxygens (including phenoxy) is 2. The Balaban J connectivity index is 1.73. The number of methoxy groups -OCH3 is 1. The van der Waals surface area contributed by atoms with Crippen LogP contribution in [0.15, 0.2) is 65.9 Å². The van der Waals surface area contributed by atoms with E-state index in [1.165, 1.54) is 19.2 Å². The lowest BCUT2D eigenvalue weighted by Gasteiger charge is -2.27. The second-order valence-electron chi connectivity index (χ2n) is 10.1. The monoisotopic (exact) mass is 603 g/mol. The highest BCUT2D eigenvalue weighted by Crippen LogP contribution is 2.45. The second-order valence-corrected chi connectivity index (χ2v) is 10.5. The lowest BCUT2D eigenvalue weighted by Crippen LogP contribution is -2.29. The van der Waals surface area contributed by atoms with E-state index in [4.69, 9.17) is 21.1 Å². The molecule has 2 aromatic carbocycles. The Hall–Kier alpha value is -3.47. The van der Waals surface area contributed by atoms with Crippen LogP contribution in [-0.2, 0) is 11.3 Å². The van der Waals surface area contributed by atoms with E-state index in [0.717, 1.165) is 4.90 Å². The Morgan fingerprint density at radius 2 is 1.80 bits per heavy atom. The second kappa shape index (κ2) is 11.1. The Kier molecular flexibility index (Phi) is 8.23. The molecule has 12 heteroatoms. The molecule has 2 aliphatic rings. The zero-order valence-corrected chi connectivity index (χ0v) is 22.8. The normalized spacial score (nSPS) is 19.9. The first-order valence-electron chi connectivity index (χ1n) is 12.4. The molecule has 0 radical (unpaired) electrons. The number of hydrogen-bond acceptors (Lipinski definition) is 3. The number of allylic oxidation sites excluding steroid dienone is 2. The quantitative estimate of drug-likeness (QED) is 0.309. The summed E-state index contributed by atoms with van der Waals surface area (Å²) < 4.78 is 106. The molecule has 1 aliphatic heterocycles. The van der Waals surface area contributed by atoms with Gasteiger partial charge in [-0.3, -0.25) is 4.90 Å². The van der Waals surface area contributed by atoms with Crippen LogP contribution in [0.1, 0.15) is 37.3 Å². The van der Waals surface area contributed by atoms with Crippen LogP contribution >= 0.6 is 11.6 Å². The summed E-state index contributed by atoms with van der Waals surface area (Å²) in [6.07, 6.45) is -12.6. The molecular formula is C29H25ClF7NO3. The van der Waals surface area contributed by atoms with Crippen LogP contribution in [0.4, 0.5) is 35.5 Å². The fraction of sp³-hybridized carbons (Fsp3) is 0.345. The molecule has 1 saturated heterocycles. The summed E-state index contributed by atoms with van der Waals surface area (Å²) in [4.78, 5) is 13.9. The van der Waals surface area contributed by atoms with Crippen molar-refractivity contribution in [2.75, 3.05) is 7.11 Å². The molecule has 1 unspecified atom stereocenters. The maximum absolute atomic E-state index is 14.7. The number of carbonyl (C=O) groups excluding carboxylic acids is 1. The van der Waals surface area contributed by atoms with E-state index in [0.29, 0.717) is 34.4 Å². The maximum Gasteiger partial charge on any atom is 0.415 e. The summed E-state index contributed by atoms with van der Waals surface area (Å²) >= 11 is 6.23. The van der Waals surface area contributed by atoms with E-state index >= 15 is 0 Å². The summed E-state index contributed by atoms with van der Waals surface area (Å²) in [5.41, 5.74) is -0.191. The Morgan fingerprint density at radius 3 is 2.39 bits per heavy atom. The lowest BCUT2D eigenvalue weighted by molar-refractivity contribution is -0.166. The van der Waals surface area contributed by atoms with Crippen LogP contribution in [-0.4, -0.2) is 36.6 Å². The van der Waals surface area contributed by atoms with Crippen molar-refractivity contribution in [2.45, 2.75) is 51.2 Å². The van der Waals surface area contributed by atoms with Gasteiger partial charge in [0.2, 0.25) is 0 Å². The Labute approximate surface area is 236 Å². The summed E-state index contributed by atoms with van der Waals surface area (Å²) in [6, 6.07) is 7.59. The number of amides is 1. The molecule has 0 spiro atoms. The molecule has 2 aromatic rings. The van der Waals surface area contributed by atoms with Crippen LogP contribution in [0.3, 0.4) is 0 Å². The van der Waals surface area contributed by atoms with E-state index in [-0.39, 0.29) is 28.9 Å². The van der Waals surface area contributed by atoms with Crippen molar-refractivity contribution in [3.05, 3.63) is 87.9 Å². The van der Waals surface area contributed by atoms with Gasteiger partial charge in [-0.25, -0.2) is 9.18 Å². The fourth-order valence-electron chi connectivity index (χ4n) is 4.84. The molecule has 1 aliphatic carbocycles. The average Bonchev–Trinajstić information content (AvgIpc) is 3.15. The summed E-state index contributed by atoms with van der Waals surface area (Å²) in [5.74, 6) is -2.87. The molecule has 0 N–H and O–H groups in total. The predicted octanol–water partition coefficient (Wildman–Crippen LogP) is 9.11. The van der Waals surface area contributed by atoms with Crippen LogP contribution in [0, 0.1) is 11.7 Å². The predicted molar refractivity (Wildman–Crippen MR) is 139 cm³/mol. The molecule has 1 heterocycles. The van der Waals surface area contributed by atoms with Gasteiger partial charge in [-0.15, -0.1) is 0 Å². The zero-order chi connectivity index (χ0) is 30.4. The van der Waals surface area contributed by atoms with Crippen molar-refractivity contribution < 1.29 is 45.0 Å². The molecule has 4 rings (SSSR count). The molecule has 2 atom stereocenters. The molecule has 41 heavy (non-hydrogen) atoms. The zero-order valence-electron chi connectivity index (χ0n) is 22.1. The largest absolute Gasteiger partial charge is 0.496 e. The van der Waals surface area contributed by atoms with Gasteiger partial charge < -0.3 is 9.47 Å². The minimum absolute atomic E-state index is 0.151. The highest BCUT2D eigenvalue weighted by molar-refractivity contribution is 6.30. The Morgan fingerprint density at radius 1 is 1.12 bits per heavy atom. The number of alkyl halides is 6. The smallest absolute Gasteiger partial charge is 0.415 e. The van der Waals surface area contributed by atoms with Gasteiger partial charge in [0.05, 0.1) is 25.3 Å². The highest BCUT2D eigenvalue weighted by Gasteiger charge is 2.48. The molecular weight excluding hydrogens is 579 g/mol. The molecule has 1 fully saturated rings. The molecule has 4 nitrogen and oxygen atoms in total. The first-order chi connectivity index (χ1) is 19.0. The number of halogens is 8. The van der Waals surface area contributed by atoms with Crippen LogP contribution < -0.4 is 4.74 Å². The van der Waals surface area contributed by atoms with Crippen molar-refractivity contribution in [3.63, 3.8) is 0 Å². The van der Waals surface area contributed by atoms with Crippen molar-refractivity contribution in [1.82, 2.24) is 4.90 Å². The van der Waals surface area contributed by atoms with E-state index in [2.05, 4.69) is 6.58 Å². The topological polar surface area (TPSA) is 38.8 Å². The maximum atomic E-state index is 14.7. The van der Waals surface area contributed by atoms with Gasteiger partial charge >= 0.3 is 18.4 Å². The van der Waals surface area contributed by atoms with Crippen molar-refractivity contribution in [2.24, 2.45) is 5.92 Å². The Bertz CT molecular complexity index is 1440. The molecule has 0 saturated carbocycles. The van der Waals surface area contributed by atoms with E-state index in [9.17, 15) is 35.5 Å². The van der Waals surface area contributed by atoms with Crippen LogP contribution in [0.2, 0.25) is 5.02 Å². The third-order valence-corrected chi connectivity index (χ3v) is 7.21. The minimum Gasteiger partial charge on any atom is -0.496 e. The van der Waals surface area contributed by atoms with Crippen molar-refractivity contribution >= 4 is 17.7 Å². The summed E-state index contributed by atoms with van der Waals surface area (Å²) in [6.45, 7) is 7.14. The number of rotatable bonds is 6. The average molecular weight is 604 g/mol. The van der Waals surface area contributed by atoms with Crippen LogP contribution in [0.5, 0.6) is 5.75 Å². The third-order valence-electron chi connectivity index (χ3n) is 6.98. The molecule has 220 valence electrons. The number of carbonyl (C=O) groups is 1. The first kappa shape index (κ1) is 30.5. The lowest BCUT2D eigenvalue weighted by atomic mass is 9.87. The van der Waals surface area contributed by atoms with Crippen molar-refractivity contribution in [1.29, 1.82) is 0 Å². The number of cyclic esters (lactones) is 1. The first-order valence-corrected chi connectivity index (χ1v) is 12.8. The minimum atomic E-state index is -5.01. The highest BCUT2D eigenvalue weighted by atomic mass is 35.5. The molecule has 1 amide bonds. The molecule has 0 bridgehead atoms. The van der Waals surface area contributed by atoms with Gasteiger partial charge in [0.1, 0.15) is 11.6 Å². The number of benzene rings is 2. The summed E-state index contributed by atoms with van der Waals surface area (Å²) in [7, 11) is 1.36. The third kappa shape index (κ3) is 6.24. The van der Waals surface area contributed by atoms with Gasteiger partial charge in [0.25, 0.3) is 0 Å². The van der Waals surface area contributed by atoms with Crippen LogP contribution in [0.25, 0.3) is 11.1 Å². The standard InChI is InChI=1S/C29H25ClF7NO3/c1-14(2)22-11-23(25(40-4)12-24(22)31)21-6-5-20(30)9-17(21)13-38-15(3)26(41-27(38)39)16-7-18(28(32,33)34)10-19(8-16)29(35,36)37/h5-9,11-12,14,18,26H,3,10,13H2,1-2,4H3/t18?,26-/m0/s1. The van der Waals surface area contributed by atoms with Gasteiger partial charge in [-0.05, 0) is 58.9 Å². The van der Waals surface area contributed by atoms with E-state index < -0.39 is 53.9 Å². The summed E-state index contributed by atoms with van der Waals surface area (Å²) in [5, 5.41) is 0.282. The SMILES string of the molecule is C=C1[C@@H](C2=CC(C(F)(F)F)CC(C(F)(F)F)=C2)OC(=O)N1Cc1cc(Cl)ccc1-c1cc(C(C)C)c(F)cc1OC. The molecule has 0 aromatic heterocycles. The van der Waals surface area contributed by atoms with Gasteiger partial charge in [-0.2, -0.15) is 26.3 Å². The fourth-order valence-corrected chi connectivity index (χ4v) is 5.04. The van der Waals surface area contributed by atoms with Gasteiger partial charge in [0, 0.05) is 22.2 Å². The van der Waals surface area contributed by atoms with E-state index in [1.807, 2.05) is 13.8 Å². The van der Waals surface area contributed by atoms with Crippen molar-refractivity contribution in [3.8, 4) is 16.9 Å². The van der Waals surface area contributed by atoms with Gasteiger partial charge in [0.15, 0.2) is 6.10 Å².